The summed E-state index contributed by atoms with van der Waals surface area (Å²) in [6, 6.07) is 13.4. The van der Waals surface area contributed by atoms with Crippen molar-refractivity contribution >= 4 is 45.0 Å². The maximum atomic E-state index is 11.1. The van der Waals surface area contributed by atoms with Gasteiger partial charge in [-0.25, -0.2) is 9.59 Å². The molecule has 0 radical (unpaired) electrons. The predicted molar refractivity (Wildman–Crippen MR) is 91.9 cm³/mol. The zero-order valence-corrected chi connectivity index (χ0v) is 12.5. The molecule has 3 rings (SSSR count). The van der Waals surface area contributed by atoms with E-state index in [9.17, 15) is 9.59 Å². The number of carbonyl (C=O) groups excluding carboxylic acids is 2. The number of primary amides is 2. The summed E-state index contributed by atoms with van der Waals surface area (Å²) in [6.45, 7) is 0. The number of nitrogens with zero attached hydrogens (tertiary/aromatic N) is 2. The predicted octanol–water partition coefficient (Wildman–Crippen LogP) is 3.15. The van der Waals surface area contributed by atoms with Crippen LogP contribution in [0.25, 0.3) is 21.5 Å². The molecule has 0 aromatic heterocycles. The maximum absolute atomic E-state index is 11.1. The molecule has 0 spiro atoms. The first kappa shape index (κ1) is 15.2. The molecule has 120 valence electrons. The lowest BCUT2D eigenvalue weighted by Gasteiger charge is -2.15. The smallest absolute Gasteiger partial charge is 0.350 e. The average Bonchev–Trinajstić information content (AvgIpc) is 2.58. The molecule has 0 bridgehead atoms. The molecular weight excluding hydrogens is 308 g/mol. The van der Waals surface area contributed by atoms with E-state index in [0.29, 0.717) is 11.4 Å². The van der Waals surface area contributed by atoms with Crippen LogP contribution in [0.2, 0.25) is 0 Å². The third-order valence-corrected chi connectivity index (χ3v) is 3.46. The van der Waals surface area contributed by atoms with E-state index in [1.54, 1.807) is 0 Å². The molecule has 0 aliphatic heterocycles. The number of carbonyl (C=O) groups is 2. The number of nitrogens with one attached hydrogen (secondary N) is 2. The minimum absolute atomic E-state index is 0.372. The van der Waals surface area contributed by atoms with Gasteiger partial charge in [0, 0.05) is 10.8 Å². The summed E-state index contributed by atoms with van der Waals surface area (Å²) in [6.07, 6.45) is 0. The van der Waals surface area contributed by atoms with E-state index in [-0.39, 0.29) is 0 Å². The zero-order valence-electron chi connectivity index (χ0n) is 12.5. The van der Waals surface area contributed by atoms with Crippen molar-refractivity contribution in [2.24, 2.45) is 21.7 Å². The van der Waals surface area contributed by atoms with Crippen LogP contribution >= 0.6 is 0 Å². The van der Waals surface area contributed by atoms with Crippen molar-refractivity contribution in [1.82, 2.24) is 5.43 Å². The lowest BCUT2D eigenvalue weighted by Crippen LogP contribution is -2.34. The number of rotatable bonds is 3. The van der Waals surface area contributed by atoms with Crippen LogP contribution in [0.3, 0.4) is 0 Å². The highest BCUT2D eigenvalue weighted by atomic mass is 16.2. The highest BCUT2D eigenvalue weighted by Gasteiger charge is 2.14. The molecular formula is C16H14N6O2. The van der Waals surface area contributed by atoms with Gasteiger partial charge in [-0.2, -0.15) is 0 Å². The van der Waals surface area contributed by atoms with Gasteiger partial charge in [-0.1, -0.05) is 53.6 Å². The van der Waals surface area contributed by atoms with E-state index in [1.807, 2.05) is 48.5 Å². The summed E-state index contributed by atoms with van der Waals surface area (Å²) in [7, 11) is 0. The minimum Gasteiger partial charge on any atom is -0.350 e. The maximum Gasteiger partial charge on any atom is 0.356 e. The molecule has 4 amide bonds. The highest BCUT2D eigenvalue weighted by Crippen LogP contribution is 2.41. The van der Waals surface area contributed by atoms with Crippen LogP contribution in [0.5, 0.6) is 0 Å². The molecule has 0 saturated carbocycles. The average molecular weight is 322 g/mol. The number of anilines is 1. The first-order valence-corrected chi connectivity index (χ1v) is 7.04. The van der Waals surface area contributed by atoms with Gasteiger partial charge >= 0.3 is 12.1 Å². The molecule has 0 unspecified atom stereocenters. The second-order valence-electron chi connectivity index (χ2n) is 4.97. The summed E-state index contributed by atoms with van der Waals surface area (Å²) in [4.78, 5) is 22.1. The lowest BCUT2D eigenvalue weighted by atomic mass is 9.98. The fourth-order valence-electron chi connectivity index (χ4n) is 2.58. The molecule has 0 fully saturated rings. The summed E-state index contributed by atoms with van der Waals surface area (Å²) in [5, 5.41) is 10.8. The number of amides is 4. The molecule has 6 N–H and O–H groups in total. The first-order chi connectivity index (χ1) is 11.6. The van der Waals surface area contributed by atoms with Crippen LogP contribution in [-0.2, 0) is 0 Å². The number of urea groups is 2. The third kappa shape index (κ3) is 2.80. The summed E-state index contributed by atoms with van der Waals surface area (Å²) < 4.78 is 0. The van der Waals surface area contributed by atoms with Crippen LogP contribution in [0.15, 0.2) is 58.8 Å². The van der Waals surface area contributed by atoms with Crippen molar-refractivity contribution < 1.29 is 9.59 Å². The van der Waals surface area contributed by atoms with Gasteiger partial charge in [-0.05, 0) is 10.8 Å². The van der Waals surface area contributed by atoms with Crippen molar-refractivity contribution in [3.63, 3.8) is 0 Å². The van der Waals surface area contributed by atoms with Crippen molar-refractivity contribution in [1.29, 1.82) is 0 Å². The standard InChI is InChI=1S/C16H14N6O2/c17-15(23)21-19-13-11-7-3-1-5-9(11)10-6-2-4-8-12(10)14(13)20-22-16(18)24/h1-8,19H,(H2,18,24)(H3,17,21,23). The van der Waals surface area contributed by atoms with E-state index in [0.717, 1.165) is 21.5 Å². The van der Waals surface area contributed by atoms with Gasteiger partial charge in [0.1, 0.15) is 5.69 Å². The first-order valence-electron chi connectivity index (χ1n) is 7.04. The van der Waals surface area contributed by atoms with Gasteiger partial charge in [0.05, 0.1) is 5.69 Å². The SMILES string of the molecule is NC(=O)N=Nc1c(NNC(N)=O)c2ccccc2c2ccccc12. The normalized spacial score (nSPS) is 11.0. The van der Waals surface area contributed by atoms with Crippen molar-refractivity contribution in [3.05, 3.63) is 48.5 Å². The zero-order chi connectivity index (χ0) is 17.1. The minimum atomic E-state index is -0.916. The Morgan fingerprint density at radius 3 is 1.96 bits per heavy atom. The van der Waals surface area contributed by atoms with Crippen LogP contribution < -0.4 is 22.3 Å². The monoisotopic (exact) mass is 322 g/mol. The van der Waals surface area contributed by atoms with Crippen LogP contribution in [0.4, 0.5) is 21.0 Å². The Balaban J connectivity index is 2.38. The molecule has 8 heteroatoms. The van der Waals surface area contributed by atoms with Gasteiger partial charge in [0.2, 0.25) is 0 Å². The Morgan fingerprint density at radius 2 is 1.38 bits per heavy atom. The molecule has 0 saturated heterocycles. The Bertz CT molecular complexity index is 983. The fourth-order valence-corrected chi connectivity index (χ4v) is 2.58. The highest BCUT2D eigenvalue weighted by molar-refractivity contribution is 6.19. The number of fused-ring (bicyclic) bond motifs is 3. The van der Waals surface area contributed by atoms with Crippen LogP contribution in [-0.4, -0.2) is 12.1 Å². The molecule has 0 aliphatic carbocycles. The van der Waals surface area contributed by atoms with Gasteiger partial charge in [0.15, 0.2) is 0 Å². The Kier molecular flexibility index (Phi) is 3.94. The number of nitrogens with two attached hydrogens (primary N) is 2. The van der Waals surface area contributed by atoms with E-state index in [1.165, 1.54) is 0 Å². The molecule has 0 heterocycles. The van der Waals surface area contributed by atoms with E-state index >= 15 is 0 Å². The molecule has 3 aromatic rings. The Hall–Kier alpha value is -3.68. The van der Waals surface area contributed by atoms with E-state index in [4.69, 9.17) is 11.5 Å². The molecule has 0 atom stereocenters. The van der Waals surface area contributed by atoms with Crippen molar-refractivity contribution in [2.45, 2.75) is 0 Å². The third-order valence-electron chi connectivity index (χ3n) is 3.46. The van der Waals surface area contributed by atoms with Gasteiger partial charge in [-0.15, -0.1) is 5.11 Å². The van der Waals surface area contributed by atoms with Gasteiger partial charge < -0.3 is 11.5 Å². The van der Waals surface area contributed by atoms with Gasteiger partial charge in [0.25, 0.3) is 0 Å². The molecule has 0 aliphatic rings. The second-order valence-corrected chi connectivity index (χ2v) is 4.97. The van der Waals surface area contributed by atoms with Gasteiger partial charge in [-0.3, -0.25) is 10.9 Å². The summed E-state index contributed by atoms with van der Waals surface area (Å²) in [5.41, 5.74) is 16.1. The topological polar surface area (TPSA) is 135 Å². The van der Waals surface area contributed by atoms with E-state index < -0.39 is 12.1 Å². The Morgan fingerprint density at radius 1 is 0.833 bits per heavy atom. The Labute approximate surface area is 136 Å². The van der Waals surface area contributed by atoms with Crippen LogP contribution in [0, 0.1) is 0 Å². The van der Waals surface area contributed by atoms with E-state index in [2.05, 4.69) is 21.1 Å². The molecule has 3 aromatic carbocycles. The number of azo groups is 1. The summed E-state index contributed by atoms with van der Waals surface area (Å²) in [5.74, 6) is 0. The summed E-state index contributed by atoms with van der Waals surface area (Å²) >= 11 is 0. The second kappa shape index (κ2) is 6.21. The number of hydrazine groups is 1. The van der Waals surface area contributed by atoms with Crippen molar-refractivity contribution in [2.75, 3.05) is 5.43 Å². The number of hydrogen-bond acceptors (Lipinski definition) is 4. The molecule has 24 heavy (non-hydrogen) atoms. The van der Waals surface area contributed by atoms with Crippen LogP contribution in [0.1, 0.15) is 0 Å². The molecule has 8 nitrogen and oxygen atoms in total. The lowest BCUT2D eigenvalue weighted by molar-refractivity contribution is 0.250. The number of benzene rings is 3. The largest absolute Gasteiger partial charge is 0.356 e. The fraction of sp³-hybridized carbons (Fsp3) is 0. The number of hydrogen-bond donors (Lipinski definition) is 4. The quantitative estimate of drug-likeness (QED) is 0.335. The van der Waals surface area contributed by atoms with Crippen molar-refractivity contribution in [3.8, 4) is 0 Å².